The molecule has 0 bridgehead atoms. The molecule has 0 spiro atoms. The lowest BCUT2D eigenvalue weighted by atomic mass is 9.81. The maximum absolute atomic E-state index is 6.57. The van der Waals surface area contributed by atoms with Crippen molar-refractivity contribution in [2.45, 2.75) is 31.8 Å². The quantitative estimate of drug-likeness (QED) is 0.852. The number of likely N-dealkylation sites (N-methyl/N-ethyl adjacent to an activating group) is 1. The van der Waals surface area contributed by atoms with Crippen molar-refractivity contribution in [1.29, 1.82) is 0 Å². The Morgan fingerprint density at radius 3 is 2.18 bits per heavy atom. The molecule has 0 aromatic heterocycles. The molecule has 1 aromatic carbocycles. The molecule has 2 N–H and O–H groups in total. The summed E-state index contributed by atoms with van der Waals surface area (Å²) in [5.41, 5.74) is 7.40. The van der Waals surface area contributed by atoms with Gasteiger partial charge in [0, 0.05) is 6.04 Å². The molecule has 1 rings (SSSR count). The number of hydrogen-bond acceptors (Lipinski definition) is 3. The first-order valence-electron chi connectivity index (χ1n) is 6.05. The average molecular weight is 236 g/mol. The van der Waals surface area contributed by atoms with Gasteiger partial charge in [-0.3, -0.25) is 0 Å². The Morgan fingerprint density at radius 1 is 1.29 bits per heavy atom. The largest absolute Gasteiger partial charge is 0.497 e. The summed E-state index contributed by atoms with van der Waals surface area (Å²) in [4.78, 5) is 2.16. The molecular formula is C14H24N2O. The van der Waals surface area contributed by atoms with Gasteiger partial charge in [-0.15, -0.1) is 0 Å². The minimum atomic E-state index is -0.324. The first-order valence-corrected chi connectivity index (χ1v) is 6.05. The van der Waals surface area contributed by atoms with Gasteiger partial charge in [-0.25, -0.2) is 0 Å². The van der Waals surface area contributed by atoms with Crippen LogP contribution in [0.3, 0.4) is 0 Å². The molecule has 1 aromatic rings. The molecule has 0 aliphatic heterocycles. The van der Waals surface area contributed by atoms with E-state index in [4.69, 9.17) is 10.5 Å². The molecule has 0 aliphatic carbocycles. The normalized spacial score (nSPS) is 16.6. The van der Waals surface area contributed by atoms with Gasteiger partial charge in [0.05, 0.1) is 12.6 Å². The molecule has 3 nitrogen and oxygen atoms in total. The van der Waals surface area contributed by atoms with Crippen LogP contribution in [0.5, 0.6) is 5.75 Å². The van der Waals surface area contributed by atoms with E-state index in [0.717, 1.165) is 17.7 Å². The molecular weight excluding hydrogens is 212 g/mol. The lowest BCUT2D eigenvalue weighted by Crippen LogP contribution is -2.52. The molecule has 96 valence electrons. The second kappa shape index (κ2) is 5.52. The van der Waals surface area contributed by atoms with Gasteiger partial charge < -0.3 is 15.4 Å². The van der Waals surface area contributed by atoms with Crippen LogP contribution in [0.25, 0.3) is 0 Å². The Balaban J connectivity index is 3.06. The van der Waals surface area contributed by atoms with Crippen LogP contribution in [0.2, 0.25) is 0 Å². The van der Waals surface area contributed by atoms with E-state index in [2.05, 4.69) is 45.0 Å². The highest BCUT2D eigenvalue weighted by Gasteiger charge is 2.33. The summed E-state index contributed by atoms with van der Waals surface area (Å²) in [5.74, 6) is 0.865. The van der Waals surface area contributed by atoms with Crippen molar-refractivity contribution in [3.63, 3.8) is 0 Å². The van der Waals surface area contributed by atoms with Crippen LogP contribution in [0.4, 0.5) is 0 Å². The van der Waals surface area contributed by atoms with Gasteiger partial charge in [0.1, 0.15) is 5.75 Å². The van der Waals surface area contributed by atoms with Crippen molar-refractivity contribution < 1.29 is 4.74 Å². The molecule has 0 aliphatic rings. The highest BCUT2D eigenvalue weighted by atomic mass is 16.5. The van der Waals surface area contributed by atoms with Gasteiger partial charge in [0.2, 0.25) is 0 Å². The zero-order valence-electron chi connectivity index (χ0n) is 11.5. The maximum atomic E-state index is 6.57. The third kappa shape index (κ3) is 2.79. The number of benzene rings is 1. The van der Waals surface area contributed by atoms with Gasteiger partial charge in [-0.2, -0.15) is 0 Å². The highest BCUT2D eigenvalue weighted by molar-refractivity contribution is 5.32. The molecule has 17 heavy (non-hydrogen) atoms. The van der Waals surface area contributed by atoms with Crippen molar-refractivity contribution in [1.82, 2.24) is 4.90 Å². The number of ether oxygens (including phenoxy) is 1. The minimum Gasteiger partial charge on any atom is -0.497 e. The number of nitrogens with two attached hydrogens (primary N) is 1. The van der Waals surface area contributed by atoms with Crippen LogP contribution in [0.1, 0.15) is 25.8 Å². The molecule has 0 saturated carbocycles. The summed E-state index contributed by atoms with van der Waals surface area (Å²) in [6, 6.07) is 8.33. The Kier molecular flexibility index (Phi) is 4.54. The second-order valence-corrected chi connectivity index (χ2v) is 4.76. The zero-order chi connectivity index (χ0) is 13.1. The van der Waals surface area contributed by atoms with Crippen molar-refractivity contribution in [3.8, 4) is 5.75 Å². The number of hydrogen-bond donors (Lipinski definition) is 1. The molecule has 0 amide bonds. The zero-order valence-corrected chi connectivity index (χ0v) is 11.5. The summed E-state index contributed by atoms with van der Waals surface area (Å²) in [6.07, 6.45) is 0.901. The standard InChI is InChI=1S/C14H24N2O/c1-6-14(15,11(2)16(3)4)12-7-9-13(17-5)10-8-12/h7-11H,6,15H2,1-5H3. The SMILES string of the molecule is CCC(N)(c1ccc(OC)cc1)C(C)N(C)C. The Bertz CT molecular complexity index is 348. The molecule has 0 saturated heterocycles. The van der Waals surface area contributed by atoms with Crippen LogP contribution in [0, 0.1) is 0 Å². The number of methoxy groups -OCH3 is 1. The first-order chi connectivity index (χ1) is 7.95. The Labute approximate surface area is 105 Å². The third-order valence-electron chi connectivity index (χ3n) is 3.73. The van der Waals surface area contributed by atoms with Crippen LogP contribution in [-0.2, 0) is 5.54 Å². The fourth-order valence-electron chi connectivity index (χ4n) is 2.10. The van der Waals surface area contributed by atoms with Gasteiger partial charge in [0.25, 0.3) is 0 Å². The van der Waals surface area contributed by atoms with E-state index in [1.54, 1.807) is 7.11 Å². The Morgan fingerprint density at radius 2 is 1.82 bits per heavy atom. The average Bonchev–Trinajstić information content (AvgIpc) is 2.36. The van der Waals surface area contributed by atoms with E-state index in [1.165, 1.54) is 0 Å². The topological polar surface area (TPSA) is 38.5 Å². The molecule has 2 atom stereocenters. The van der Waals surface area contributed by atoms with E-state index in [1.807, 2.05) is 12.1 Å². The van der Waals surface area contributed by atoms with Crippen LogP contribution in [-0.4, -0.2) is 32.1 Å². The molecule has 0 heterocycles. The van der Waals surface area contributed by atoms with Crippen molar-refractivity contribution in [3.05, 3.63) is 29.8 Å². The van der Waals surface area contributed by atoms with Crippen LogP contribution < -0.4 is 10.5 Å². The highest BCUT2D eigenvalue weighted by Crippen LogP contribution is 2.29. The fourth-order valence-corrected chi connectivity index (χ4v) is 2.10. The fraction of sp³-hybridized carbons (Fsp3) is 0.571. The lowest BCUT2D eigenvalue weighted by molar-refractivity contribution is 0.187. The number of rotatable bonds is 5. The maximum Gasteiger partial charge on any atom is 0.118 e. The smallest absolute Gasteiger partial charge is 0.118 e. The van der Waals surface area contributed by atoms with Gasteiger partial charge >= 0.3 is 0 Å². The van der Waals surface area contributed by atoms with Crippen molar-refractivity contribution in [2.75, 3.05) is 21.2 Å². The lowest BCUT2D eigenvalue weighted by Gasteiger charge is -2.39. The monoisotopic (exact) mass is 236 g/mol. The molecule has 0 radical (unpaired) electrons. The third-order valence-corrected chi connectivity index (χ3v) is 3.73. The molecule has 3 heteroatoms. The summed E-state index contributed by atoms with van der Waals surface area (Å²) in [6.45, 7) is 4.29. The summed E-state index contributed by atoms with van der Waals surface area (Å²) >= 11 is 0. The van der Waals surface area contributed by atoms with Crippen molar-refractivity contribution >= 4 is 0 Å². The van der Waals surface area contributed by atoms with E-state index in [0.29, 0.717) is 0 Å². The second-order valence-electron chi connectivity index (χ2n) is 4.76. The van der Waals surface area contributed by atoms with E-state index in [-0.39, 0.29) is 11.6 Å². The summed E-state index contributed by atoms with van der Waals surface area (Å²) in [5, 5.41) is 0. The van der Waals surface area contributed by atoms with Gasteiger partial charge in [-0.05, 0) is 45.1 Å². The van der Waals surface area contributed by atoms with Crippen LogP contribution >= 0.6 is 0 Å². The van der Waals surface area contributed by atoms with Crippen molar-refractivity contribution in [2.24, 2.45) is 5.73 Å². The predicted octanol–water partition coefficient (Wildman–Crippen LogP) is 2.21. The molecule has 0 fully saturated rings. The van der Waals surface area contributed by atoms with Crippen LogP contribution in [0.15, 0.2) is 24.3 Å². The van der Waals surface area contributed by atoms with E-state index < -0.39 is 0 Å². The first kappa shape index (κ1) is 14.0. The molecule has 2 unspecified atom stereocenters. The van der Waals surface area contributed by atoms with E-state index >= 15 is 0 Å². The minimum absolute atomic E-state index is 0.279. The summed E-state index contributed by atoms with van der Waals surface area (Å²) in [7, 11) is 5.80. The number of nitrogens with zero attached hydrogens (tertiary/aromatic N) is 1. The Hall–Kier alpha value is -1.06. The van der Waals surface area contributed by atoms with E-state index in [9.17, 15) is 0 Å². The van der Waals surface area contributed by atoms with Gasteiger partial charge in [0.15, 0.2) is 0 Å². The van der Waals surface area contributed by atoms with Gasteiger partial charge in [-0.1, -0.05) is 19.1 Å². The predicted molar refractivity (Wildman–Crippen MR) is 72.3 cm³/mol. The summed E-state index contributed by atoms with van der Waals surface area (Å²) < 4.78 is 5.17.